The summed E-state index contributed by atoms with van der Waals surface area (Å²) < 4.78 is 4.92. The number of para-hydroxylation sites is 2. The molecule has 36 heavy (non-hydrogen) atoms. The lowest BCUT2D eigenvalue weighted by Crippen LogP contribution is -2.26. The molecule has 2 aromatic carbocycles. The monoisotopic (exact) mass is 1160 g/mol. The van der Waals surface area contributed by atoms with Gasteiger partial charge in [-0.3, -0.25) is 0 Å². The van der Waals surface area contributed by atoms with E-state index in [-0.39, 0.29) is 58.8 Å². The van der Waals surface area contributed by atoms with Crippen molar-refractivity contribution in [1.82, 2.24) is 0 Å². The SMILES string of the molecule is C=C1N(CCCI)c2ccccc2C1(C)C.CC1=[N+](CCCI)c2ccccc2C1(C)C.I.I.II. The third-order valence-corrected chi connectivity index (χ3v) is 8.65. The third-order valence-electron chi connectivity index (χ3n) is 7.12. The Bertz CT molecular complexity index is 1020. The van der Waals surface area contributed by atoms with Gasteiger partial charge < -0.3 is 4.90 Å². The highest BCUT2D eigenvalue weighted by Crippen LogP contribution is 2.46. The molecule has 4 rings (SSSR count). The molecule has 0 unspecified atom stereocenters. The summed E-state index contributed by atoms with van der Waals surface area (Å²) in [6, 6.07) is 17.5. The number of nitrogens with zero attached hydrogens (tertiary/aromatic N) is 2. The van der Waals surface area contributed by atoms with Crippen molar-refractivity contribution in [3.63, 3.8) is 0 Å². The minimum atomic E-state index is 0. The highest BCUT2D eigenvalue weighted by molar-refractivity contribution is 15.0. The molecule has 0 aliphatic carbocycles. The van der Waals surface area contributed by atoms with Crippen LogP contribution in [0.3, 0.4) is 0 Å². The van der Waals surface area contributed by atoms with Crippen LogP contribution in [-0.2, 0) is 10.8 Å². The maximum absolute atomic E-state index is 4.28. The number of rotatable bonds is 6. The zero-order valence-corrected chi connectivity index (χ0v) is 35.1. The van der Waals surface area contributed by atoms with E-state index in [0.29, 0.717) is 0 Å². The maximum Gasteiger partial charge on any atom is 0.209 e. The highest BCUT2D eigenvalue weighted by atomic mass is 128. The smallest absolute Gasteiger partial charge is 0.209 e. The second kappa shape index (κ2) is 17.8. The van der Waals surface area contributed by atoms with Crippen LogP contribution in [-0.4, -0.2) is 32.2 Å². The molecule has 0 radical (unpaired) electrons. The Morgan fingerprint density at radius 3 is 1.92 bits per heavy atom. The van der Waals surface area contributed by atoms with Gasteiger partial charge >= 0.3 is 0 Å². The first kappa shape index (κ1) is 38.0. The highest BCUT2D eigenvalue weighted by Gasteiger charge is 2.42. The second-order valence-corrected chi connectivity index (χ2v) is 11.9. The lowest BCUT2D eigenvalue weighted by atomic mass is 9.82. The molecule has 0 spiro atoms. The quantitative estimate of drug-likeness (QED) is 0.159. The van der Waals surface area contributed by atoms with Crippen molar-refractivity contribution >= 4 is 147 Å². The number of fused-ring (bicyclic) bond motifs is 2. The summed E-state index contributed by atoms with van der Waals surface area (Å²) in [5, 5.41) is 0. The Morgan fingerprint density at radius 1 is 0.806 bits per heavy atom. The number of hydrogen-bond donors (Lipinski definition) is 0. The predicted molar refractivity (Wildman–Crippen MR) is 217 cm³/mol. The van der Waals surface area contributed by atoms with Crippen molar-refractivity contribution < 1.29 is 4.58 Å². The molecular weight excluding hydrogens is 1130 g/mol. The standard InChI is InChI=1S/C14H19IN.C14H18IN.I2.2HI/c2*1-11-14(2,3)12-7-4-5-8-13(12)16(11)10-6-9-15;1-2;;/h4-5,7-8H,6,9-10H2,1-3H3;4-5,7-8H,1,6,9-10H2,2-3H3;;2*1H/q+1;;;;. The molecule has 0 bridgehead atoms. The molecular formula is C28H39I6N2+. The van der Waals surface area contributed by atoms with Crippen molar-refractivity contribution in [2.75, 3.05) is 26.8 Å². The van der Waals surface area contributed by atoms with Gasteiger partial charge in [0.15, 0.2) is 5.71 Å². The predicted octanol–water partition coefficient (Wildman–Crippen LogP) is 11.0. The van der Waals surface area contributed by atoms with Crippen LogP contribution in [0, 0.1) is 0 Å². The summed E-state index contributed by atoms with van der Waals surface area (Å²) in [6.07, 6.45) is 2.46. The van der Waals surface area contributed by atoms with Gasteiger partial charge in [0.2, 0.25) is 5.69 Å². The van der Waals surface area contributed by atoms with Crippen LogP contribution >= 0.6 is 130 Å². The topological polar surface area (TPSA) is 6.25 Å². The molecule has 2 aliphatic rings. The number of allylic oxidation sites excluding steroid dienone is 1. The van der Waals surface area contributed by atoms with E-state index in [1.165, 1.54) is 55.6 Å². The van der Waals surface area contributed by atoms with Crippen LogP contribution in [0.1, 0.15) is 58.6 Å². The zero-order valence-electron chi connectivity index (χ0n) is 21.8. The lowest BCUT2D eigenvalue weighted by Gasteiger charge is -2.25. The van der Waals surface area contributed by atoms with Crippen LogP contribution in [0.4, 0.5) is 11.4 Å². The first-order valence-corrected chi connectivity index (χ1v) is 21.0. The summed E-state index contributed by atoms with van der Waals surface area (Å²) in [6.45, 7) is 18.0. The average Bonchev–Trinajstić information content (AvgIpc) is 3.17. The van der Waals surface area contributed by atoms with E-state index < -0.39 is 0 Å². The first-order chi connectivity index (χ1) is 16.2. The van der Waals surface area contributed by atoms with Crippen molar-refractivity contribution in [3.8, 4) is 0 Å². The van der Waals surface area contributed by atoms with Gasteiger partial charge in [-0.25, -0.2) is 0 Å². The number of halogens is 6. The van der Waals surface area contributed by atoms with Crippen LogP contribution in [0.5, 0.6) is 0 Å². The molecule has 0 N–H and O–H groups in total. The molecule has 2 aromatic rings. The summed E-state index contributed by atoms with van der Waals surface area (Å²) >= 11 is 9.13. The lowest BCUT2D eigenvalue weighted by molar-refractivity contribution is -0.438. The normalized spacial score (nSPS) is 15.9. The van der Waals surface area contributed by atoms with Crippen LogP contribution in [0.15, 0.2) is 60.8 Å². The molecule has 0 saturated heterocycles. The second-order valence-electron chi connectivity index (χ2n) is 9.70. The minimum absolute atomic E-state index is 0. The van der Waals surface area contributed by atoms with E-state index in [1.807, 2.05) is 0 Å². The molecule has 202 valence electrons. The number of hydrogen-bond acceptors (Lipinski definition) is 1. The van der Waals surface area contributed by atoms with Crippen LogP contribution < -0.4 is 4.90 Å². The van der Waals surface area contributed by atoms with Crippen molar-refractivity contribution in [1.29, 1.82) is 0 Å². The van der Waals surface area contributed by atoms with Gasteiger partial charge in [-0.2, -0.15) is 4.58 Å². The fraction of sp³-hybridized carbons (Fsp3) is 0.464. The van der Waals surface area contributed by atoms with Gasteiger partial charge in [-0.05, 0) is 31.9 Å². The van der Waals surface area contributed by atoms with Gasteiger partial charge in [0, 0.05) is 94.4 Å². The van der Waals surface area contributed by atoms with Crippen LogP contribution in [0.2, 0.25) is 0 Å². The molecule has 2 heterocycles. The van der Waals surface area contributed by atoms with E-state index in [1.54, 1.807) is 0 Å². The number of benzene rings is 2. The Balaban J connectivity index is 0.000000605. The minimum Gasteiger partial charge on any atom is -0.345 e. The largest absolute Gasteiger partial charge is 0.345 e. The van der Waals surface area contributed by atoms with E-state index in [4.69, 9.17) is 0 Å². The van der Waals surface area contributed by atoms with Crippen molar-refractivity contribution in [2.45, 2.75) is 58.3 Å². The molecule has 0 aromatic heterocycles. The fourth-order valence-corrected chi connectivity index (χ4v) is 5.49. The van der Waals surface area contributed by atoms with E-state index in [0.717, 1.165) is 13.1 Å². The Morgan fingerprint density at radius 2 is 1.33 bits per heavy atom. The number of anilines is 1. The number of alkyl halides is 2. The summed E-state index contributed by atoms with van der Waals surface area (Å²) in [7, 11) is 0. The van der Waals surface area contributed by atoms with Crippen LogP contribution in [0.25, 0.3) is 0 Å². The first-order valence-electron chi connectivity index (χ1n) is 11.7. The van der Waals surface area contributed by atoms with Gasteiger partial charge in [-0.1, -0.05) is 102 Å². The van der Waals surface area contributed by atoms with Gasteiger partial charge in [0.25, 0.3) is 0 Å². The maximum atomic E-state index is 4.28. The van der Waals surface area contributed by atoms with E-state index >= 15 is 0 Å². The van der Waals surface area contributed by atoms with Crippen molar-refractivity contribution in [2.24, 2.45) is 0 Å². The van der Waals surface area contributed by atoms with Gasteiger partial charge in [-0.15, -0.1) is 48.0 Å². The Hall–Kier alpha value is 2.03. The summed E-state index contributed by atoms with van der Waals surface area (Å²) in [5.41, 5.74) is 8.65. The molecule has 8 heteroatoms. The molecule has 0 amide bonds. The summed E-state index contributed by atoms with van der Waals surface area (Å²) in [5.74, 6) is 0. The Labute approximate surface area is 304 Å². The molecule has 2 aliphatic heterocycles. The summed E-state index contributed by atoms with van der Waals surface area (Å²) in [4.78, 5) is 2.38. The molecule has 0 saturated carbocycles. The fourth-order valence-electron chi connectivity index (χ4n) is 4.81. The molecule has 0 atom stereocenters. The van der Waals surface area contributed by atoms with Gasteiger partial charge in [0.05, 0.1) is 5.41 Å². The third kappa shape index (κ3) is 8.52. The Kier molecular flexibility index (Phi) is 18.8. The molecule has 0 fully saturated rings. The average molecular weight is 1170 g/mol. The molecule has 2 nitrogen and oxygen atoms in total. The van der Waals surface area contributed by atoms with E-state index in [2.05, 4.69) is 182 Å². The van der Waals surface area contributed by atoms with Crippen molar-refractivity contribution in [3.05, 3.63) is 71.9 Å². The van der Waals surface area contributed by atoms with Gasteiger partial charge in [0.1, 0.15) is 6.54 Å². The van der Waals surface area contributed by atoms with E-state index in [9.17, 15) is 0 Å². The zero-order chi connectivity index (χ0) is 25.5.